The van der Waals surface area contributed by atoms with E-state index < -0.39 is 11.8 Å². The Morgan fingerprint density at radius 2 is 1.78 bits per heavy atom. The average Bonchev–Trinajstić information content (AvgIpc) is 3.21. The maximum absolute atomic E-state index is 12.4. The minimum absolute atomic E-state index is 0.275. The number of aryl methyl sites for hydroxylation is 1. The smallest absolute Gasteiger partial charge is 0.276 e. The maximum Gasteiger partial charge on any atom is 0.276 e. The molecule has 3 rings (SSSR count). The number of carbonyl (C=O) groups is 2. The molecule has 3 aromatic rings. The molecule has 0 fully saturated rings. The second kappa shape index (κ2) is 8.42. The van der Waals surface area contributed by atoms with Gasteiger partial charge in [0.2, 0.25) is 0 Å². The van der Waals surface area contributed by atoms with Gasteiger partial charge in [-0.3, -0.25) is 20.4 Å². The van der Waals surface area contributed by atoms with Crippen molar-refractivity contribution in [2.75, 3.05) is 6.61 Å². The first-order valence-electron chi connectivity index (χ1n) is 8.25. The number of rotatable bonds is 5. The predicted octanol–water partition coefficient (Wildman–Crippen LogP) is 3.28. The molecule has 6 nitrogen and oxygen atoms in total. The fourth-order valence-corrected chi connectivity index (χ4v) is 2.65. The van der Waals surface area contributed by atoms with Crippen LogP contribution in [-0.4, -0.2) is 23.0 Å². The first-order chi connectivity index (χ1) is 13.0. The van der Waals surface area contributed by atoms with E-state index >= 15 is 0 Å². The van der Waals surface area contributed by atoms with Crippen molar-refractivity contribution in [3.05, 3.63) is 83.1 Å². The number of hydrogen-bond acceptors (Lipinski definition) is 3. The SMILES string of the molecule is Cc1ccc(Cl)c(OCC(=O)NNC(=O)c2ccccc2-n2cccc2)c1. The van der Waals surface area contributed by atoms with Crippen molar-refractivity contribution in [2.45, 2.75) is 6.92 Å². The largest absolute Gasteiger partial charge is 0.482 e. The van der Waals surface area contributed by atoms with Crippen LogP contribution in [0.2, 0.25) is 5.02 Å². The molecule has 2 aromatic carbocycles. The lowest BCUT2D eigenvalue weighted by Crippen LogP contribution is -2.44. The van der Waals surface area contributed by atoms with Crippen LogP contribution in [-0.2, 0) is 4.79 Å². The number of hydrazine groups is 1. The third-order valence-corrected chi connectivity index (χ3v) is 4.10. The molecule has 2 amide bonds. The van der Waals surface area contributed by atoms with Crippen LogP contribution >= 0.6 is 11.6 Å². The minimum Gasteiger partial charge on any atom is -0.482 e. The van der Waals surface area contributed by atoms with Gasteiger partial charge in [0, 0.05) is 12.4 Å². The van der Waals surface area contributed by atoms with Crippen LogP contribution < -0.4 is 15.6 Å². The zero-order valence-corrected chi connectivity index (χ0v) is 15.4. The third kappa shape index (κ3) is 4.68. The standard InChI is InChI=1S/C20H18ClN3O3/c1-14-8-9-16(21)18(12-14)27-13-19(25)22-23-20(26)15-6-2-3-7-17(15)24-10-4-5-11-24/h2-12H,13H2,1H3,(H,22,25)(H,23,26). The topological polar surface area (TPSA) is 72.4 Å². The first-order valence-corrected chi connectivity index (χ1v) is 8.63. The van der Waals surface area contributed by atoms with Gasteiger partial charge in [0.25, 0.3) is 11.8 Å². The molecular weight excluding hydrogens is 366 g/mol. The number of ether oxygens (including phenoxy) is 1. The van der Waals surface area contributed by atoms with E-state index in [2.05, 4.69) is 10.9 Å². The zero-order valence-electron chi connectivity index (χ0n) is 14.6. The number of hydrogen-bond donors (Lipinski definition) is 2. The zero-order chi connectivity index (χ0) is 19.2. The molecule has 0 radical (unpaired) electrons. The fraction of sp³-hybridized carbons (Fsp3) is 0.100. The second-order valence-corrected chi connectivity index (χ2v) is 6.24. The van der Waals surface area contributed by atoms with Gasteiger partial charge >= 0.3 is 0 Å². The van der Waals surface area contributed by atoms with E-state index in [0.29, 0.717) is 22.0 Å². The van der Waals surface area contributed by atoms with E-state index in [-0.39, 0.29) is 6.61 Å². The molecule has 0 saturated carbocycles. The number of halogens is 1. The molecule has 0 spiro atoms. The van der Waals surface area contributed by atoms with Crippen LogP contribution in [0.25, 0.3) is 5.69 Å². The Morgan fingerprint density at radius 1 is 1.04 bits per heavy atom. The monoisotopic (exact) mass is 383 g/mol. The Balaban J connectivity index is 1.58. The van der Waals surface area contributed by atoms with Gasteiger partial charge in [-0.15, -0.1) is 0 Å². The Hall–Kier alpha value is -3.25. The van der Waals surface area contributed by atoms with Crippen molar-refractivity contribution in [2.24, 2.45) is 0 Å². The van der Waals surface area contributed by atoms with E-state index in [4.69, 9.17) is 16.3 Å². The molecule has 7 heteroatoms. The number of carbonyl (C=O) groups excluding carboxylic acids is 2. The number of nitrogens with zero attached hydrogens (tertiary/aromatic N) is 1. The van der Waals surface area contributed by atoms with Crippen molar-refractivity contribution in [3.8, 4) is 11.4 Å². The van der Waals surface area contributed by atoms with Crippen LogP contribution in [0.4, 0.5) is 0 Å². The molecule has 1 aromatic heterocycles. The van der Waals surface area contributed by atoms with Gasteiger partial charge in [0.15, 0.2) is 6.61 Å². The van der Waals surface area contributed by atoms with E-state index in [1.54, 1.807) is 24.3 Å². The van der Waals surface area contributed by atoms with Crippen molar-refractivity contribution < 1.29 is 14.3 Å². The maximum atomic E-state index is 12.4. The Bertz CT molecular complexity index is 955. The summed E-state index contributed by atoms with van der Waals surface area (Å²) in [5, 5.41) is 0.415. The Morgan fingerprint density at radius 3 is 2.56 bits per heavy atom. The lowest BCUT2D eigenvalue weighted by molar-refractivity contribution is -0.123. The van der Waals surface area contributed by atoms with E-state index in [9.17, 15) is 9.59 Å². The fourth-order valence-electron chi connectivity index (χ4n) is 2.48. The Kier molecular flexibility index (Phi) is 5.78. The van der Waals surface area contributed by atoms with Gasteiger partial charge in [0.1, 0.15) is 5.75 Å². The van der Waals surface area contributed by atoms with Crippen molar-refractivity contribution in [1.29, 1.82) is 0 Å². The average molecular weight is 384 g/mol. The van der Waals surface area contributed by atoms with Gasteiger partial charge < -0.3 is 9.30 Å². The molecule has 0 bridgehead atoms. The number of benzene rings is 2. The predicted molar refractivity (Wildman–Crippen MR) is 103 cm³/mol. The first kappa shape index (κ1) is 18.5. The molecule has 27 heavy (non-hydrogen) atoms. The van der Waals surface area contributed by atoms with Gasteiger partial charge in [-0.1, -0.05) is 29.8 Å². The number of amides is 2. The van der Waals surface area contributed by atoms with E-state index in [1.807, 2.05) is 54.2 Å². The number of nitrogens with one attached hydrogen (secondary N) is 2. The van der Waals surface area contributed by atoms with Gasteiger partial charge in [-0.25, -0.2) is 0 Å². The number of para-hydroxylation sites is 1. The van der Waals surface area contributed by atoms with Crippen molar-refractivity contribution >= 4 is 23.4 Å². The van der Waals surface area contributed by atoms with Crippen LogP contribution in [0, 0.1) is 6.92 Å². The van der Waals surface area contributed by atoms with Crippen molar-refractivity contribution in [1.82, 2.24) is 15.4 Å². The van der Waals surface area contributed by atoms with Crippen LogP contribution in [0.1, 0.15) is 15.9 Å². The molecule has 0 aliphatic carbocycles. The lowest BCUT2D eigenvalue weighted by atomic mass is 10.1. The van der Waals surface area contributed by atoms with Crippen LogP contribution in [0.15, 0.2) is 67.0 Å². The molecule has 0 aliphatic rings. The van der Waals surface area contributed by atoms with Gasteiger partial charge in [0.05, 0.1) is 16.3 Å². The van der Waals surface area contributed by atoms with Crippen LogP contribution in [0.5, 0.6) is 5.75 Å². The summed E-state index contributed by atoms with van der Waals surface area (Å²) in [6.45, 7) is 1.62. The molecule has 2 N–H and O–H groups in total. The summed E-state index contributed by atoms with van der Waals surface area (Å²) < 4.78 is 7.22. The summed E-state index contributed by atoms with van der Waals surface area (Å²) in [6.07, 6.45) is 3.67. The number of aromatic nitrogens is 1. The summed E-state index contributed by atoms with van der Waals surface area (Å²) in [7, 11) is 0. The molecule has 0 atom stereocenters. The molecule has 0 aliphatic heterocycles. The summed E-state index contributed by atoms with van der Waals surface area (Å²) in [6, 6.07) is 16.1. The highest BCUT2D eigenvalue weighted by atomic mass is 35.5. The molecular formula is C20H18ClN3O3. The van der Waals surface area contributed by atoms with Gasteiger partial charge in [-0.05, 0) is 48.9 Å². The third-order valence-electron chi connectivity index (χ3n) is 3.79. The molecule has 0 unspecified atom stereocenters. The van der Waals surface area contributed by atoms with Crippen LogP contribution in [0.3, 0.4) is 0 Å². The summed E-state index contributed by atoms with van der Waals surface area (Å²) in [4.78, 5) is 24.4. The summed E-state index contributed by atoms with van der Waals surface area (Å²) >= 11 is 6.02. The minimum atomic E-state index is -0.501. The molecule has 1 heterocycles. The quantitative estimate of drug-likeness (QED) is 0.664. The van der Waals surface area contributed by atoms with Crippen molar-refractivity contribution in [3.63, 3.8) is 0 Å². The highest BCUT2D eigenvalue weighted by molar-refractivity contribution is 6.32. The molecule has 0 saturated heterocycles. The van der Waals surface area contributed by atoms with Gasteiger partial charge in [-0.2, -0.15) is 0 Å². The molecule has 138 valence electrons. The lowest BCUT2D eigenvalue weighted by Gasteiger charge is -2.12. The Labute approximate surface area is 161 Å². The summed E-state index contributed by atoms with van der Waals surface area (Å²) in [5.41, 5.74) is 6.84. The highest BCUT2D eigenvalue weighted by Gasteiger charge is 2.13. The van der Waals surface area contributed by atoms with E-state index in [0.717, 1.165) is 5.56 Å². The second-order valence-electron chi connectivity index (χ2n) is 5.83. The highest BCUT2D eigenvalue weighted by Crippen LogP contribution is 2.25. The normalized spacial score (nSPS) is 10.3. The van der Waals surface area contributed by atoms with E-state index in [1.165, 1.54) is 0 Å². The summed E-state index contributed by atoms with van der Waals surface area (Å²) in [5.74, 6) is -0.517.